The standard InChI is InChI=1S/C14H20N2/c1-5-10-6-7-12-11(8-10)13(9(2)16-12)14(3,4)15/h6-8,16H,5,15H2,1-4H3. The largest absolute Gasteiger partial charge is 0.358 e. The van der Waals surface area contributed by atoms with E-state index in [4.69, 9.17) is 5.73 Å². The quantitative estimate of drug-likeness (QED) is 0.795. The number of fused-ring (bicyclic) bond motifs is 1. The van der Waals surface area contributed by atoms with Gasteiger partial charge in [0.1, 0.15) is 0 Å². The van der Waals surface area contributed by atoms with Crippen molar-refractivity contribution in [1.82, 2.24) is 4.98 Å². The van der Waals surface area contributed by atoms with Crippen LogP contribution < -0.4 is 5.73 Å². The number of hydrogen-bond acceptors (Lipinski definition) is 1. The van der Waals surface area contributed by atoms with Crippen LogP contribution in [0.2, 0.25) is 0 Å². The van der Waals surface area contributed by atoms with Gasteiger partial charge in [-0.05, 0) is 50.5 Å². The fraction of sp³-hybridized carbons (Fsp3) is 0.429. The molecule has 0 saturated heterocycles. The summed E-state index contributed by atoms with van der Waals surface area (Å²) in [5.41, 5.74) is 10.9. The summed E-state index contributed by atoms with van der Waals surface area (Å²) in [6, 6.07) is 6.57. The van der Waals surface area contributed by atoms with Crippen molar-refractivity contribution in [2.75, 3.05) is 0 Å². The van der Waals surface area contributed by atoms with Crippen molar-refractivity contribution in [1.29, 1.82) is 0 Å². The Balaban J connectivity index is 2.76. The Kier molecular flexibility index (Phi) is 2.55. The maximum atomic E-state index is 6.24. The molecule has 0 aliphatic carbocycles. The number of nitrogens with two attached hydrogens (primary N) is 1. The first-order chi connectivity index (χ1) is 7.43. The number of benzene rings is 1. The number of nitrogens with one attached hydrogen (secondary N) is 1. The topological polar surface area (TPSA) is 41.8 Å². The molecule has 0 unspecified atom stereocenters. The Hall–Kier alpha value is -1.28. The lowest BCUT2D eigenvalue weighted by Gasteiger charge is -2.19. The van der Waals surface area contributed by atoms with Crippen molar-refractivity contribution < 1.29 is 0 Å². The molecule has 0 saturated carbocycles. The molecule has 0 spiro atoms. The lowest BCUT2D eigenvalue weighted by Crippen LogP contribution is -2.29. The van der Waals surface area contributed by atoms with Gasteiger partial charge in [-0.1, -0.05) is 13.0 Å². The van der Waals surface area contributed by atoms with Gasteiger partial charge < -0.3 is 10.7 Å². The third kappa shape index (κ3) is 1.74. The molecule has 1 aromatic carbocycles. The molecule has 1 heterocycles. The minimum atomic E-state index is -0.297. The van der Waals surface area contributed by atoms with Gasteiger partial charge in [-0.3, -0.25) is 0 Å². The molecule has 0 atom stereocenters. The number of aromatic amines is 1. The van der Waals surface area contributed by atoms with Crippen LogP contribution in [0.4, 0.5) is 0 Å². The maximum absolute atomic E-state index is 6.24. The highest BCUT2D eigenvalue weighted by molar-refractivity contribution is 5.86. The van der Waals surface area contributed by atoms with E-state index in [1.54, 1.807) is 0 Å². The molecule has 0 radical (unpaired) electrons. The normalized spacial score (nSPS) is 12.3. The second kappa shape index (κ2) is 3.63. The van der Waals surface area contributed by atoms with E-state index in [1.807, 2.05) is 0 Å². The van der Waals surface area contributed by atoms with Gasteiger partial charge in [0.05, 0.1) is 0 Å². The number of hydrogen-bond donors (Lipinski definition) is 2. The highest BCUT2D eigenvalue weighted by atomic mass is 14.8. The van der Waals surface area contributed by atoms with Gasteiger partial charge in [-0.2, -0.15) is 0 Å². The SMILES string of the molecule is CCc1ccc2[nH]c(C)c(C(C)(C)N)c2c1. The van der Waals surface area contributed by atoms with E-state index >= 15 is 0 Å². The molecule has 0 amide bonds. The van der Waals surface area contributed by atoms with Gasteiger partial charge in [0.15, 0.2) is 0 Å². The van der Waals surface area contributed by atoms with Crippen LogP contribution in [0.5, 0.6) is 0 Å². The van der Waals surface area contributed by atoms with E-state index in [0.29, 0.717) is 0 Å². The summed E-state index contributed by atoms with van der Waals surface area (Å²) >= 11 is 0. The molecule has 0 aliphatic heterocycles. The van der Waals surface area contributed by atoms with Crippen LogP contribution in [0.15, 0.2) is 18.2 Å². The van der Waals surface area contributed by atoms with Gasteiger partial charge in [-0.15, -0.1) is 0 Å². The summed E-state index contributed by atoms with van der Waals surface area (Å²) in [6.45, 7) is 8.38. The average molecular weight is 216 g/mol. The van der Waals surface area contributed by atoms with Gasteiger partial charge in [0.25, 0.3) is 0 Å². The lowest BCUT2D eigenvalue weighted by molar-refractivity contribution is 0.555. The van der Waals surface area contributed by atoms with Gasteiger partial charge in [0.2, 0.25) is 0 Å². The zero-order valence-corrected chi connectivity index (χ0v) is 10.5. The molecular formula is C14H20N2. The van der Waals surface area contributed by atoms with Crippen molar-refractivity contribution >= 4 is 10.9 Å². The molecule has 0 aliphatic rings. The monoisotopic (exact) mass is 216 g/mol. The van der Waals surface area contributed by atoms with Gasteiger partial charge in [-0.25, -0.2) is 0 Å². The minimum absolute atomic E-state index is 0.297. The van der Waals surface area contributed by atoms with Crippen LogP contribution in [-0.2, 0) is 12.0 Å². The zero-order chi connectivity index (χ0) is 11.9. The molecular weight excluding hydrogens is 196 g/mol. The summed E-state index contributed by atoms with van der Waals surface area (Å²) in [5.74, 6) is 0. The predicted octanol–water partition coefficient (Wildman–Crippen LogP) is 3.23. The second-order valence-electron chi connectivity index (χ2n) is 5.08. The Morgan fingerprint density at radius 3 is 2.56 bits per heavy atom. The lowest BCUT2D eigenvalue weighted by atomic mass is 9.92. The van der Waals surface area contributed by atoms with E-state index in [2.05, 4.69) is 50.9 Å². The maximum Gasteiger partial charge on any atom is 0.0459 e. The highest BCUT2D eigenvalue weighted by Crippen LogP contribution is 2.30. The van der Waals surface area contributed by atoms with E-state index in [1.165, 1.54) is 27.7 Å². The molecule has 2 nitrogen and oxygen atoms in total. The summed E-state index contributed by atoms with van der Waals surface area (Å²) in [6.07, 6.45) is 1.06. The summed E-state index contributed by atoms with van der Waals surface area (Å²) < 4.78 is 0. The van der Waals surface area contributed by atoms with E-state index < -0.39 is 0 Å². The molecule has 0 fully saturated rings. The van der Waals surface area contributed by atoms with Crippen LogP contribution >= 0.6 is 0 Å². The van der Waals surface area contributed by atoms with Crippen LogP contribution in [0, 0.1) is 6.92 Å². The van der Waals surface area contributed by atoms with Crippen molar-refractivity contribution in [3.8, 4) is 0 Å². The Bertz CT molecular complexity index is 515. The molecule has 2 rings (SSSR count). The fourth-order valence-corrected chi connectivity index (χ4v) is 2.42. The number of rotatable bonds is 2. The first-order valence-corrected chi connectivity index (χ1v) is 5.84. The summed E-state index contributed by atoms with van der Waals surface area (Å²) in [4.78, 5) is 3.40. The molecule has 16 heavy (non-hydrogen) atoms. The first kappa shape index (κ1) is 11.2. The molecule has 3 N–H and O–H groups in total. The Morgan fingerprint density at radius 1 is 1.31 bits per heavy atom. The molecule has 2 heteroatoms. The number of aryl methyl sites for hydroxylation is 2. The van der Waals surface area contributed by atoms with Crippen LogP contribution in [0.1, 0.15) is 37.6 Å². The average Bonchev–Trinajstić information content (AvgIpc) is 2.51. The van der Waals surface area contributed by atoms with Crippen LogP contribution in [0.3, 0.4) is 0 Å². The van der Waals surface area contributed by atoms with E-state index in [-0.39, 0.29) is 5.54 Å². The third-order valence-corrected chi connectivity index (χ3v) is 3.10. The summed E-state index contributed by atoms with van der Waals surface area (Å²) in [7, 11) is 0. The van der Waals surface area contributed by atoms with Crippen molar-refractivity contribution in [2.24, 2.45) is 5.73 Å². The van der Waals surface area contributed by atoms with Gasteiger partial charge >= 0.3 is 0 Å². The fourth-order valence-electron chi connectivity index (χ4n) is 2.42. The zero-order valence-electron chi connectivity index (χ0n) is 10.5. The Labute approximate surface area is 96.9 Å². The minimum Gasteiger partial charge on any atom is -0.358 e. The first-order valence-electron chi connectivity index (χ1n) is 5.84. The molecule has 1 aromatic heterocycles. The Morgan fingerprint density at radius 2 is 2.00 bits per heavy atom. The van der Waals surface area contributed by atoms with Gasteiger partial charge in [0, 0.05) is 22.1 Å². The second-order valence-corrected chi connectivity index (χ2v) is 5.08. The number of aromatic nitrogens is 1. The molecule has 2 aromatic rings. The van der Waals surface area contributed by atoms with E-state index in [0.717, 1.165) is 6.42 Å². The van der Waals surface area contributed by atoms with Crippen LogP contribution in [0.25, 0.3) is 10.9 Å². The van der Waals surface area contributed by atoms with Crippen molar-refractivity contribution in [3.63, 3.8) is 0 Å². The summed E-state index contributed by atoms with van der Waals surface area (Å²) in [5, 5.41) is 1.27. The third-order valence-electron chi connectivity index (χ3n) is 3.10. The molecule has 0 bridgehead atoms. The van der Waals surface area contributed by atoms with Crippen molar-refractivity contribution in [3.05, 3.63) is 35.0 Å². The smallest absolute Gasteiger partial charge is 0.0459 e. The number of H-pyrrole nitrogens is 1. The van der Waals surface area contributed by atoms with E-state index in [9.17, 15) is 0 Å². The molecule has 86 valence electrons. The highest BCUT2D eigenvalue weighted by Gasteiger charge is 2.21. The van der Waals surface area contributed by atoms with Crippen molar-refractivity contribution in [2.45, 2.75) is 39.7 Å². The predicted molar refractivity (Wildman–Crippen MR) is 69.6 cm³/mol. The van der Waals surface area contributed by atoms with Crippen LogP contribution in [-0.4, -0.2) is 4.98 Å².